The number of rotatable bonds is 8. The Morgan fingerprint density at radius 1 is 1.47 bits per heavy atom. The molecular weight excluding hydrogens is 256 g/mol. The first-order chi connectivity index (χ1) is 9.21. The molecule has 4 heteroatoms. The Labute approximate surface area is 120 Å². The van der Waals surface area contributed by atoms with E-state index < -0.39 is 0 Å². The molecule has 0 aliphatic rings. The van der Waals surface area contributed by atoms with Crippen LogP contribution in [0.25, 0.3) is 0 Å². The fraction of sp³-hybridized carbons (Fsp3) is 0.533. The molecule has 0 saturated heterocycles. The topological polar surface area (TPSA) is 36.3 Å². The zero-order chi connectivity index (χ0) is 14.1. The molecule has 0 radical (unpaired) electrons. The van der Waals surface area contributed by atoms with E-state index in [9.17, 15) is 0 Å². The van der Waals surface area contributed by atoms with Gasteiger partial charge in [-0.05, 0) is 37.9 Å². The fourth-order valence-corrected chi connectivity index (χ4v) is 2.77. The lowest BCUT2D eigenvalue weighted by molar-refractivity contribution is 0.199. The summed E-state index contributed by atoms with van der Waals surface area (Å²) >= 11 is 1.88. The second-order valence-electron chi connectivity index (χ2n) is 4.49. The van der Waals surface area contributed by atoms with Gasteiger partial charge in [-0.1, -0.05) is 13.0 Å². The third-order valence-corrected chi connectivity index (χ3v) is 3.85. The normalized spacial score (nSPS) is 12.2. The van der Waals surface area contributed by atoms with Crippen LogP contribution in [-0.2, 0) is 0 Å². The van der Waals surface area contributed by atoms with Crippen LogP contribution in [0.1, 0.15) is 18.9 Å². The van der Waals surface area contributed by atoms with Gasteiger partial charge in [0.15, 0.2) is 0 Å². The van der Waals surface area contributed by atoms with E-state index in [1.165, 1.54) is 0 Å². The Balaban J connectivity index is 2.38. The number of thioether (sulfide) groups is 1. The number of nitriles is 1. The molecule has 1 rings (SSSR count). The first-order valence-corrected chi connectivity index (χ1v) is 7.92. The summed E-state index contributed by atoms with van der Waals surface area (Å²) in [5, 5.41) is 8.82. The molecule has 3 nitrogen and oxygen atoms in total. The van der Waals surface area contributed by atoms with Crippen LogP contribution in [0.2, 0.25) is 0 Å². The molecule has 0 spiro atoms. The lowest BCUT2D eigenvalue weighted by Gasteiger charge is -2.26. The SMILES string of the molecule is CCC(CSC)N(C)CCOc1cccc(C#N)c1. The Morgan fingerprint density at radius 2 is 2.26 bits per heavy atom. The minimum atomic E-state index is 0.601. The highest BCUT2D eigenvalue weighted by Gasteiger charge is 2.11. The number of nitrogens with zero attached hydrogens (tertiary/aromatic N) is 2. The first-order valence-electron chi connectivity index (χ1n) is 6.53. The van der Waals surface area contributed by atoms with E-state index in [0.717, 1.165) is 24.5 Å². The highest BCUT2D eigenvalue weighted by Crippen LogP contribution is 2.13. The van der Waals surface area contributed by atoms with Crippen molar-refractivity contribution in [2.24, 2.45) is 0 Å². The maximum absolute atomic E-state index is 8.82. The van der Waals surface area contributed by atoms with E-state index in [1.807, 2.05) is 23.9 Å². The Hall–Kier alpha value is -1.18. The number of benzene rings is 1. The van der Waals surface area contributed by atoms with Crippen molar-refractivity contribution < 1.29 is 4.74 Å². The molecule has 0 amide bonds. The second kappa shape index (κ2) is 8.84. The maximum Gasteiger partial charge on any atom is 0.120 e. The molecule has 1 unspecified atom stereocenters. The summed E-state index contributed by atoms with van der Waals surface area (Å²) in [7, 11) is 2.14. The smallest absolute Gasteiger partial charge is 0.120 e. The molecule has 1 aromatic carbocycles. The second-order valence-corrected chi connectivity index (χ2v) is 5.40. The van der Waals surface area contributed by atoms with Gasteiger partial charge in [-0.3, -0.25) is 4.90 Å². The van der Waals surface area contributed by atoms with Crippen LogP contribution in [-0.4, -0.2) is 43.1 Å². The van der Waals surface area contributed by atoms with Crippen molar-refractivity contribution in [3.05, 3.63) is 29.8 Å². The molecular formula is C15H22N2OS. The lowest BCUT2D eigenvalue weighted by atomic mass is 10.2. The van der Waals surface area contributed by atoms with Crippen LogP contribution in [0, 0.1) is 11.3 Å². The summed E-state index contributed by atoms with van der Waals surface area (Å²) in [6.07, 6.45) is 3.29. The lowest BCUT2D eigenvalue weighted by Crippen LogP contribution is -2.36. The number of hydrogen-bond donors (Lipinski definition) is 0. The fourth-order valence-electron chi connectivity index (χ4n) is 1.89. The van der Waals surface area contributed by atoms with Crippen LogP contribution in [0.5, 0.6) is 5.75 Å². The van der Waals surface area contributed by atoms with Gasteiger partial charge in [0, 0.05) is 18.3 Å². The predicted molar refractivity (Wildman–Crippen MR) is 81.7 cm³/mol. The summed E-state index contributed by atoms with van der Waals surface area (Å²) in [6, 6.07) is 10.0. The Bertz CT molecular complexity index is 417. The molecule has 0 aliphatic heterocycles. The first kappa shape index (κ1) is 15.9. The average Bonchev–Trinajstić information content (AvgIpc) is 2.44. The van der Waals surface area contributed by atoms with E-state index in [4.69, 9.17) is 10.00 Å². The summed E-state index contributed by atoms with van der Waals surface area (Å²) in [5.74, 6) is 1.92. The molecule has 0 aliphatic carbocycles. The number of ether oxygens (including phenoxy) is 1. The third kappa shape index (κ3) is 5.54. The van der Waals surface area contributed by atoms with Crippen molar-refractivity contribution in [3.8, 4) is 11.8 Å². The summed E-state index contributed by atoms with van der Waals surface area (Å²) in [4.78, 5) is 2.34. The Morgan fingerprint density at radius 3 is 2.89 bits per heavy atom. The van der Waals surface area contributed by atoms with Crippen molar-refractivity contribution in [1.82, 2.24) is 4.90 Å². The van der Waals surface area contributed by atoms with Crippen molar-refractivity contribution in [2.45, 2.75) is 19.4 Å². The molecule has 104 valence electrons. The molecule has 0 saturated carbocycles. The standard InChI is InChI=1S/C15H22N2OS/c1-4-14(12-19-3)17(2)8-9-18-15-7-5-6-13(10-15)11-16/h5-7,10,14H,4,8-9,12H2,1-3H3. The van der Waals surface area contributed by atoms with Crippen molar-refractivity contribution in [3.63, 3.8) is 0 Å². The van der Waals surface area contributed by atoms with Gasteiger partial charge < -0.3 is 4.74 Å². The molecule has 0 aromatic heterocycles. The van der Waals surface area contributed by atoms with Crippen LogP contribution in [0.3, 0.4) is 0 Å². The molecule has 0 N–H and O–H groups in total. The molecule has 1 aromatic rings. The van der Waals surface area contributed by atoms with Gasteiger partial charge in [0.25, 0.3) is 0 Å². The van der Waals surface area contributed by atoms with E-state index in [1.54, 1.807) is 12.1 Å². The van der Waals surface area contributed by atoms with Crippen LogP contribution in [0.15, 0.2) is 24.3 Å². The zero-order valence-corrected chi connectivity index (χ0v) is 12.7. The number of hydrogen-bond acceptors (Lipinski definition) is 4. The van der Waals surface area contributed by atoms with Gasteiger partial charge in [-0.15, -0.1) is 0 Å². The molecule has 19 heavy (non-hydrogen) atoms. The molecule has 0 heterocycles. The quantitative estimate of drug-likeness (QED) is 0.732. The van der Waals surface area contributed by atoms with E-state index >= 15 is 0 Å². The molecule has 0 fully saturated rings. The van der Waals surface area contributed by atoms with Crippen molar-refractivity contribution in [1.29, 1.82) is 5.26 Å². The van der Waals surface area contributed by atoms with Crippen LogP contribution >= 0.6 is 11.8 Å². The van der Waals surface area contributed by atoms with Crippen LogP contribution in [0.4, 0.5) is 0 Å². The van der Waals surface area contributed by atoms with Crippen molar-refractivity contribution >= 4 is 11.8 Å². The van der Waals surface area contributed by atoms with E-state index in [-0.39, 0.29) is 0 Å². The molecule has 1 atom stereocenters. The minimum absolute atomic E-state index is 0.601. The van der Waals surface area contributed by atoms with Gasteiger partial charge in [-0.2, -0.15) is 17.0 Å². The van der Waals surface area contributed by atoms with E-state index in [0.29, 0.717) is 18.2 Å². The van der Waals surface area contributed by atoms with Gasteiger partial charge in [-0.25, -0.2) is 0 Å². The van der Waals surface area contributed by atoms with Crippen LogP contribution < -0.4 is 4.74 Å². The summed E-state index contributed by atoms with van der Waals surface area (Å²) < 4.78 is 5.69. The largest absolute Gasteiger partial charge is 0.492 e. The van der Waals surface area contributed by atoms with Gasteiger partial charge in [0.1, 0.15) is 12.4 Å². The average molecular weight is 278 g/mol. The number of likely N-dealkylation sites (N-methyl/N-ethyl adjacent to an activating group) is 1. The molecule has 0 bridgehead atoms. The van der Waals surface area contributed by atoms with Gasteiger partial charge in [0.05, 0.1) is 11.6 Å². The summed E-state index contributed by atoms with van der Waals surface area (Å²) in [5.41, 5.74) is 0.639. The maximum atomic E-state index is 8.82. The minimum Gasteiger partial charge on any atom is -0.492 e. The monoisotopic (exact) mass is 278 g/mol. The zero-order valence-electron chi connectivity index (χ0n) is 11.9. The highest BCUT2D eigenvalue weighted by atomic mass is 32.2. The summed E-state index contributed by atoms with van der Waals surface area (Å²) in [6.45, 7) is 3.76. The highest BCUT2D eigenvalue weighted by molar-refractivity contribution is 7.98. The Kier molecular flexibility index (Phi) is 7.39. The van der Waals surface area contributed by atoms with Gasteiger partial charge in [0.2, 0.25) is 0 Å². The van der Waals surface area contributed by atoms with Gasteiger partial charge >= 0.3 is 0 Å². The van der Waals surface area contributed by atoms with E-state index in [2.05, 4.69) is 31.2 Å². The van der Waals surface area contributed by atoms with Crippen molar-refractivity contribution in [2.75, 3.05) is 32.2 Å². The predicted octanol–water partition coefficient (Wildman–Crippen LogP) is 3.01. The third-order valence-electron chi connectivity index (χ3n) is 3.13.